The Morgan fingerprint density at radius 1 is 1.26 bits per heavy atom. The number of rotatable bonds is 6. The summed E-state index contributed by atoms with van der Waals surface area (Å²) in [7, 11) is 2.78. The normalized spacial score (nSPS) is 11.2. The predicted octanol–water partition coefficient (Wildman–Crippen LogP) is 4.50. The number of hydrogen-bond acceptors (Lipinski definition) is 8. The molecule has 3 rings (SSSR count). The molecule has 182 valence electrons. The van der Waals surface area contributed by atoms with Gasteiger partial charge in [-0.25, -0.2) is 4.79 Å². The highest BCUT2D eigenvalue weighted by Gasteiger charge is 2.22. The number of thiocarbonyl (C=S) groups is 1. The van der Waals surface area contributed by atoms with E-state index in [1.165, 1.54) is 16.8 Å². The van der Waals surface area contributed by atoms with Crippen LogP contribution in [0.1, 0.15) is 23.0 Å². The van der Waals surface area contributed by atoms with E-state index in [4.69, 9.17) is 35.4 Å². The van der Waals surface area contributed by atoms with Gasteiger partial charge in [0.15, 0.2) is 16.6 Å². The van der Waals surface area contributed by atoms with E-state index >= 15 is 0 Å². The van der Waals surface area contributed by atoms with Gasteiger partial charge in [0.1, 0.15) is 11.3 Å². The van der Waals surface area contributed by atoms with Crippen molar-refractivity contribution < 1.29 is 19.6 Å². The molecule has 0 atom stereocenters. The Morgan fingerprint density at radius 2 is 1.97 bits per heavy atom. The van der Waals surface area contributed by atoms with Gasteiger partial charge < -0.3 is 15.2 Å². The number of hydrogen-bond donors (Lipinski definition) is 3. The Labute approximate surface area is 214 Å². The first-order valence-corrected chi connectivity index (χ1v) is 10.9. The van der Waals surface area contributed by atoms with Crippen molar-refractivity contribution in [1.29, 1.82) is 0 Å². The molecular formula is C21H18Cl2N6O5S. The van der Waals surface area contributed by atoms with Crippen LogP contribution in [0.2, 0.25) is 10.0 Å². The van der Waals surface area contributed by atoms with Gasteiger partial charge in [0.25, 0.3) is 5.69 Å². The maximum Gasteiger partial charge on any atom is 0.344 e. The molecule has 0 saturated carbocycles. The Hall–Kier alpha value is -3.74. The molecule has 11 nitrogen and oxygen atoms in total. The first kappa shape index (κ1) is 25.9. The summed E-state index contributed by atoms with van der Waals surface area (Å²) in [6, 6.07) is 8.74. The molecule has 0 unspecified atom stereocenters. The van der Waals surface area contributed by atoms with Crippen molar-refractivity contribution in [3.8, 4) is 17.0 Å². The third-order valence-corrected chi connectivity index (χ3v) is 5.67. The number of nitro groups is 1. The molecule has 0 spiro atoms. The smallest absolute Gasteiger partial charge is 0.344 e. The second-order valence-electron chi connectivity index (χ2n) is 7.04. The van der Waals surface area contributed by atoms with Crippen LogP contribution >= 0.6 is 35.4 Å². The Bertz CT molecular complexity index is 1370. The summed E-state index contributed by atoms with van der Waals surface area (Å²) >= 11 is 17.2. The van der Waals surface area contributed by atoms with E-state index < -0.39 is 16.6 Å². The molecule has 0 radical (unpaired) electrons. The van der Waals surface area contributed by atoms with Crippen LogP contribution < -0.4 is 10.7 Å². The van der Waals surface area contributed by atoms with E-state index in [9.17, 15) is 20.0 Å². The van der Waals surface area contributed by atoms with E-state index in [0.717, 1.165) is 13.2 Å². The van der Waals surface area contributed by atoms with Crippen molar-refractivity contribution in [3.05, 3.63) is 67.8 Å². The fourth-order valence-electron chi connectivity index (χ4n) is 3.11. The van der Waals surface area contributed by atoms with Gasteiger partial charge in [-0.1, -0.05) is 29.3 Å². The van der Waals surface area contributed by atoms with Crippen LogP contribution in [0.25, 0.3) is 11.3 Å². The quantitative estimate of drug-likeness (QED) is 0.136. The highest BCUT2D eigenvalue weighted by Crippen LogP contribution is 2.35. The number of anilines is 1. The van der Waals surface area contributed by atoms with Gasteiger partial charge in [0, 0.05) is 24.4 Å². The van der Waals surface area contributed by atoms with E-state index in [2.05, 4.69) is 25.7 Å². The van der Waals surface area contributed by atoms with Crippen molar-refractivity contribution in [3.63, 3.8) is 0 Å². The molecule has 35 heavy (non-hydrogen) atoms. The monoisotopic (exact) mass is 536 g/mol. The maximum absolute atomic E-state index is 11.7. The van der Waals surface area contributed by atoms with Gasteiger partial charge in [-0.15, -0.1) is 0 Å². The minimum Gasteiger partial charge on any atom is -0.504 e. The number of aromatic hydroxyl groups is 1. The van der Waals surface area contributed by atoms with Crippen molar-refractivity contribution in [1.82, 2.24) is 15.2 Å². The van der Waals surface area contributed by atoms with Crippen LogP contribution in [0.3, 0.4) is 0 Å². The van der Waals surface area contributed by atoms with Crippen LogP contribution in [0.4, 0.5) is 11.4 Å². The van der Waals surface area contributed by atoms with Gasteiger partial charge in [-0.3, -0.25) is 20.2 Å². The Morgan fingerprint density at radius 3 is 2.60 bits per heavy atom. The number of hydrazone groups is 1. The van der Waals surface area contributed by atoms with Crippen LogP contribution in [0, 0.1) is 10.1 Å². The number of carbonyl (C=O) groups is 1. The molecular weight excluding hydrogens is 519 g/mol. The number of nitrogens with one attached hydrogen (secondary N) is 2. The standard InChI is InChI=1S/C21H18Cl2N6O5S/c1-10(17-19(30)18(28(2)27-17)11-4-7-14(22)15(23)8-11)25-26-21(35)24-12-5-6-13(20(31)34-3)16(9-12)29(32)33/h4-9,30H,1-3H3,(H2,24,26,35)/b25-10-. The van der Waals surface area contributed by atoms with E-state index in [1.807, 2.05) is 0 Å². The number of aryl methyl sites for hydroxylation is 1. The zero-order valence-electron chi connectivity index (χ0n) is 18.5. The number of carbonyl (C=O) groups excluding carboxylic acids is 1. The summed E-state index contributed by atoms with van der Waals surface area (Å²) in [5.74, 6) is -0.957. The third kappa shape index (κ3) is 5.67. The lowest BCUT2D eigenvalue weighted by Crippen LogP contribution is -2.25. The number of ether oxygens (including phenoxy) is 1. The zero-order valence-corrected chi connectivity index (χ0v) is 20.8. The van der Waals surface area contributed by atoms with Crippen LogP contribution in [-0.2, 0) is 11.8 Å². The number of nitro benzene ring substituents is 1. The van der Waals surface area contributed by atoms with Gasteiger partial charge in [0.05, 0.1) is 27.8 Å². The summed E-state index contributed by atoms with van der Waals surface area (Å²) in [6.45, 7) is 1.60. The van der Waals surface area contributed by atoms with Crippen molar-refractivity contribution in [2.45, 2.75) is 6.92 Å². The number of esters is 1. The lowest BCUT2D eigenvalue weighted by molar-refractivity contribution is -0.385. The average Bonchev–Trinajstić information content (AvgIpc) is 3.12. The van der Waals surface area contributed by atoms with Crippen LogP contribution in [0.5, 0.6) is 5.75 Å². The molecule has 1 heterocycles. The number of nitrogens with zero attached hydrogens (tertiary/aromatic N) is 4. The lowest BCUT2D eigenvalue weighted by atomic mass is 10.1. The fourth-order valence-corrected chi connectivity index (χ4v) is 3.57. The van der Waals surface area contributed by atoms with Crippen molar-refractivity contribution >= 4 is 63.6 Å². The van der Waals surface area contributed by atoms with Crippen LogP contribution in [-0.4, -0.2) is 43.7 Å². The molecule has 0 bridgehead atoms. The van der Waals surface area contributed by atoms with Crippen molar-refractivity contribution in [2.75, 3.05) is 12.4 Å². The predicted molar refractivity (Wildman–Crippen MR) is 136 cm³/mol. The minimum atomic E-state index is -0.834. The molecule has 3 N–H and O–H groups in total. The molecule has 0 amide bonds. The van der Waals surface area contributed by atoms with Gasteiger partial charge >= 0.3 is 5.97 Å². The van der Waals surface area contributed by atoms with Gasteiger partial charge in [-0.2, -0.15) is 10.2 Å². The number of aromatic nitrogens is 2. The molecule has 1 aromatic heterocycles. The average molecular weight is 537 g/mol. The first-order valence-electron chi connectivity index (χ1n) is 9.73. The summed E-state index contributed by atoms with van der Waals surface area (Å²) in [5.41, 5.74) is 3.71. The second kappa shape index (κ2) is 10.7. The van der Waals surface area contributed by atoms with E-state index in [-0.39, 0.29) is 27.8 Å². The first-order chi connectivity index (χ1) is 16.5. The highest BCUT2D eigenvalue weighted by atomic mass is 35.5. The molecule has 0 fully saturated rings. The number of benzene rings is 2. The van der Waals surface area contributed by atoms with Gasteiger partial charge in [-0.05, 0) is 43.4 Å². The maximum atomic E-state index is 11.7. The van der Waals surface area contributed by atoms with E-state index in [0.29, 0.717) is 27.0 Å². The van der Waals surface area contributed by atoms with Crippen molar-refractivity contribution in [2.24, 2.45) is 12.1 Å². The van der Waals surface area contributed by atoms with Crippen LogP contribution in [0.15, 0.2) is 41.5 Å². The minimum absolute atomic E-state index is 0.00425. The number of methoxy groups -OCH3 is 1. The second-order valence-corrected chi connectivity index (χ2v) is 8.26. The molecule has 0 aliphatic carbocycles. The summed E-state index contributed by atoms with van der Waals surface area (Å²) in [5, 5.41) is 33.9. The largest absolute Gasteiger partial charge is 0.504 e. The third-order valence-electron chi connectivity index (χ3n) is 4.74. The molecule has 0 aliphatic heterocycles. The summed E-state index contributed by atoms with van der Waals surface area (Å²) < 4.78 is 6.03. The topological polar surface area (TPSA) is 144 Å². The molecule has 0 saturated heterocycles. The molecule has 2 aromatic carbocycles. The lowest BCUT2D eigenvalue weighted by Gasteiger charge is -2.09. The Balaban J connectivity index is 1.78. The van der Waals surface area contributed by atoms with Gasteiger partial charge in [0.2, 0.25) is 0 Å². The van der Waals surface area contributed by atoms with E-state index in [1.54, 1.807) is 32.2 Å². The highest BCUT2D eigenvalue weighted by molar-refractivity contribution is 7.80. The Kier molecular flexibility index (Phi) is 7.89. The number of halogens is 2. The fraction of sp³-hybridized carbons (Fsp3) is 0.143. The summed E-state index contributed by atoms with van der Waals surface area (Å²) in [4.78, 5) is 22.3. The SMILES string of the molecule is COC(=O)c1ccc(NC(=S)N/N=C(/C)c2nn(C)c(-c3ccc(Cl)c(Cl)c3)c2O)cc1[N+](=O)[O-]. The molecule has 0 aliphatic rings. The summed E-state index contributed by atoms with van der Waals surface area (Å²) in [6.07, 6.45) is 0. The molecule has 3 aromatic rings. The zero-order chi connectivity index (χ0) is 25.9. The molecule has 14 heteroatoms.